The van der Waals surface area contributed by atoms with E-state index in [0.717, 1.165) is 16.7 Å². The third kappa shape index (κ3) is 2.95. The van der Waals surface area contributed by atoms with Gasteiger partial charge in [-0.1, -0.05) is 6.07 Å². The third-order valence-corrected chi connectivity index (χ3v) is 5.29. The van der Waals surface area contributed by atoms with Gasteiger partial charge in [0, 0.05) is 12.0 Å². The lowest BCUT2D eigenvalue weighted by Gasteiger charge is -2.13. The molecule has 1 aliphatic rings. The second-order valence-corrected chi connectivity index (χ2v) is 7.45. The first-order chi connectivity index (χ1) is 9.58. The lowest BCUT2D eigenvalue weighted by atomic mass is 9.98. The van der Waals surface area contributed by atoms with Crippen LogP contribution in [0.4, 0.5) is 0 Å². The molecular weight excluding hydrogens is 311 g/mol. The summed E-state index contributed by atoms with van der Waals surface area (Å²) in [6, 6.07) is 3.78. The molecule has 0 saturated heterocycles. The Morgan fingerprint density at radius 2 is 1.67 bits per heavy atom. The van der Waals surface area contributed by atoms with Gasteiger partial charge in [-0.3, -0.25) is 9.59 Å². The molecular formula is C16H18Cl2O3. The van der Waals surface area contributed by atoms with E-state index in [0.29, 0.717) is 12.0 Å². The quantitative estimate of drug-likeness (QED) is 0.478. The molecule has 0 heterocycles. The topological polar surface area (TPSA) is 43.4 Å². The van der Waals surface area contributed by atoms with Crippen LogP contribution in [0, 0.1) is 26.2 Å². The van der Waals surface area contributed by atoms with Crippen LogP contribution in [-0.4, -0.2) is 22.7 Å². The Hall–Kier alpha value is -1.06. The van der Waals surface area contributed by atoms with E-state index in [-0.39, 0.29) is 12.4 Å². The van der Waals surface area contributed by atoms with Crippen molar-refractivity contribution in [3.63, 3.8) is 0 Å². The molecule has 0 aliphatic heterocycles. The van der Waals surface area contributed by atoms with Gasteiger partial charge in [0.15, 0.2) is 6.61 Å². The summed E-state index contributed by atoms with van der Waals surface area (Å²) in [4.78, 5) is 24.1. The standard InChI is InChI=1S/C16H18Cl2O3/c1-9-5-11(3)12(6-10(9)2)13(19)7-21-14(20)15(4)8-16(15,17)18/h5-6H,7-8H2,1-4H3. The van der Waals surface area contributed by atoms with E-state index in [9.17, 15) is 9.59 Å². The van der Waals surface area contributed by atoms with E-state index in [1.54, 1.807) is 6.92 Å². The zero-order valence-corrected chi connectivity index (χ0v) is 14.1. The van der Waals surface area contributed by atoms with Crippen molar-refractivity contribution in [2.45, 2.75) is 38.4 Å². The van der Waals surface area contributed by atoms with Crippen LogP contribution in [0.5, 0.6) is 0 Å². The number of ether oxygens (including phenoxy) is 1. The molecule has 0 bridgehead atoms. The Labute approximate surface area is 134 Å². The number of rotatable bonds is 4. The molecule has 1 aromatic carbocycles. The highest BCUT2D eigenvalue weighted by atomic mass is 35.5. The SMILES string of the molecule is Cc1cc(C)c(C(=O)COC(=O)C2(C)CC2(Cl)Cl)cc1C. The second kappa shape index (κ2) is 5.29. The van der Waals surface area contributed by atoms with Gasteiger partial charge in [0.1, 0.15) is 9.75 Å². The highest BCUT2D eigenvalue weighted by Gasteiger charge is 2.69. The molecule has 114 valence electrons. The number of aryl methyl sites for hydroxylation is 3. The fourth-order valence-electron chi connectivity index (χ4n) is 2.25. The minimum atomic E-state index is -1.08. The smallest absolute Gasteiger partial charge is 0.315 e. The number of carbonyl (C=O) groups is 2. The number of Topliss-reactive ketones (excluding diaryl/α,β-unsaturated/α-hetero) is 1. The zero-order valence-electron chi connectivity index (χ0n) is 12.5. The molecule has 1 aromatic rings. The van der Waals surface area contributed by atoms with Gasteiger partial charge in [0.25, 0.3) is 0 Å². The maximum Gasteiger partial charge on any atom is 0.315 e. The van der Waals surface area contributed by atoms with Gasteiger partial charge in [-0.05, 0) is 50.5 Å². The van der Waals surface area contributed by atoms with Crippen LogP contribution in [0.25, 0.3) is 0 Å². The Balaban J connectivity index is 2.03. The first-order valence-corrected chi connectivity index (χ1v) is 7.50. The predicted molar refractivity (Wildman–Crippen MR) is 83.1 cm³/mol. The molecule has 0 N–H and O–H groups in total. The Kier molecular flexibility index (Phi) is 4.11. The van der Waals surface area contributed by atoms with Crippen molar-refractivity contribution in [1.82, 2.24) is 0 Å². The summed E-state index contributed by atoms with van der Waals surface area (Å²) in [5.74, 6) is -0.745. The van der Waals surface area contributed by atoms with Gasteiger partial charge in [-0.15, -0.1) is 23.2 Å². The number of hydrogen-bond donors (Lipinski definition) is 0. The van der Waals surface area contributed by atoms with E-state index >= 15 is 0 Å². The van der Waals surface area contributed by atoms with Gasteiger partial charge in [-0.25, -0.2) is 0 Å². The number of hydrogen-bond acceptors (Lipinski definition) is 3. The van der Waals surface area contributed by atoms with Gasteiger partial charge in [-0.2, -0.15) is 0 Å². The first-order valence-electron chi connectivity index (χ1n) is 6.74. The van der Waals surface area contributed by atoms with Crippen molar-refractivity contribution < 1.29 is 14.3 Å². The molecule has 5 heteroatoms. The molecule has 0 radical (unpaired) electrons. The van der Waals surface area contributed by atoms with Crippen LogP contribution in [0.15, 0.2) is 12.1 Å². The summed E-state index contributed by atoms with van der Waals surface area (Å²) in [5, 5.41) is 0. The van der Waals surface area contributed by atoms with Gasteiger partial charge in [0.05, 0.1) is 0 Å². The van der Waals surface area contributed by atoms with E-state index < -0.39 is 15.7 Å². The Morgan fingerprint density at radius 3 is 2.19 bits per heavy atom. The summed E-state index contributed by atoms with van der Waals surface area (Å²) < 4.78 is 4.01. The van der Waals surface area contributed by atoms with E-state index in [1.165, 1.54) is 0 Å². The van der Waals surface area contributed by atoms with Crippen LogP contribution in [0.2, 0.25) is 0 Å². The third-order valence-electron chi connectivity index (χ3n) is 4.18. The maximum atomic E-state index is 12.2. The molecule has 0 aromatic heterocycles. The molecule has 2 rings (SSSR count). The molecule has 21 heavy (non-hydrogen) atoms. The van der Waals surface area contributed by atoms with Crippen LogP contribution >= 0.6 is 23.2 Å². The maximum absolute atomic E-state index is 12.2. The lowest BCUT2D eigenvalue weighted by Crippen LogP contribution is -2.24. The van der Waals surface area contributed by atoms with Crippen molar-refractivity contribution in [3.05, 3.63) is 34.4 Å². The lowest BCUT2D eigenvalue weighted by molar-refractivity contribution is -0.148. The highest BCUT2D eigenvalue weighted by Crippen LogP contribution is 2.64. The molecule has 1 fully saturated rings. The molecule has 0 amide bonds. The fraction of sp³-hybridized carbons (Fsp3) is 0.500. The van der Waals surface area contributed by atoms with Crippen LogP contribution in [0.1, 0.15) is 40.4 Å². The monoisotopic (exact) mass is 328 g/mol. The molecule has 1 atom stereocenters. The van der Waals surface area contributed by atoms with Crippen LogP contribution in [-0.2, 0) is 9.53 Å². The van der Waals surface area contributed by atoms with E-state index in [4.69, 9.17) is 27.9 Å². The Morgan fingerprint density at radius 1 is 1.14 bits per heavy atom. The minimum absolute atomic E-state index is 0.219. The number of carbonyl (C=O) groups excluding carboxylic acids is 2. The molecule has 1 aliphatic carbocycles. The average Bonchev–Trinajstić information content (AvgIpc) is 2.91. The van der Waals surface area contributed by atoms with Crippen LogP contribution < -0.4 is 0 Å². The van der Waals surface area contributed by atoms with E-state index in [2.05, 4.69) is 0 Å². The molecule has 1 saturated carbocycles. The summed E-state index contributed by atoms with van der Waals surface area (Å²) in [6.45, 7) is 7.15. The number of halogens is 2. The van der Waals surface area contributed by atoms with Gasteiger partial charge in [0.2, 0.25) is 5.78 Å². The van der Waals surface area contributed by atoms with Crippen molar-refractivity contribution in [3.8, 4) is 0 Å². The Bertz CT molecular complexity index is 622. The van der Waals surface area contributed by atoms with Crippen molar-refractivity contribution in [2.75, 3.05) is 6.61 Å². The number of alkyl halides is 2. The average molecular weight is 329 g/mol. The summed E-state index contributed by atoms with van der Waals surface area (Å²) >= 11 is 11.8. The van der Waals surface area contributed by atoms with Crippen molar-refractivity contribution in [2.24, 2.45) is 5.41 Å². The second-order valence-electron chi connectivity index (χ2n) is 5.96. The van der Waals surface area contributed by atoms with Crippen molar-refractivity contribution in [1.29, 1.82) is 0 Å². The fourth-order valence-corrected chi connectivity index (χ4v) is 2.94. The molecule has 3 nitrogen and oxygen atoms in total. The number of esters is 1. The minimum Gasteiger partial charge on any atom is -0.457 e. The predicted octanol–water partition coefficient (Wildman–Crippen LogP) is 3.92. The summed E-state index contributed by atoms with van der Waals surface area (Å²) in [7, 11) is 0. The summed E-state index contributed by atoms with van der Waals surface area (Å²) in [5.41, 5.74) is 2.70. The van der Waals surface area contributed by atoms with Crippen LogP contribution in [0.3, 0.4) is 0 Å². The highest BCUT2D eigenvalue weighted by molar-refractivity contribution is 6.53. The largest absolute Gasteiger partial charge is 0.457 e. The number of ketones is 1. The van der Waals surface area contributed by atoms with Gasteiger partial charge < -0.3 is 4.74 Å². The first kappa shape index (κ1) is 16.3. The van der Waals surface area contributed by atoms with Crippen molar-refractivity contribution >= 4 is 35.0 Å². The molecule has 1 unspecified atom stereocenters. The summed E-state index contributed by atoms with van der Waals surface area (Å²) in [6.07, 6.45) is 0.346. The molecule has 0 spiro atoms. The normalized spacial score (nSPS) is 22.8. The van der Waals surface area contributed by atoms with Gasteiger partial charge >= 0.3 is 5.97 Å². The van der Waals surface area contributed by atoms with E-state index in [1.807, 2.05) is 32.9 Å². The zero-order chi connectivity index (χ0) is 16.0. The number of benzene rings is 1.